The van der Waals surface area contributed by atoms with Crippen LogP contribution in [0.1, 0.15) is 0 Å². The second-order valence-corrected chi connectivity index (χ2v) is 2.15. The molecule has 11 heavy (non-hydrogen) atoms. The first-order chi connectivity index (χ1) is 3.73. The molecule has 7 N–H and O–H groups in total. The summed E-state index contributed by atoms with van der Waals surface area (Å²) in [6, 6.07) is 0. The molecule has 7 nitrogen and oxygen atoms in total. The average molecular weight is 290 g/mol. The van der Waals surface area contributed by atoms with Crippen molar-refractivity contribution in [2.45, 2.75) is 0 Å². The second kappa shape index (κ2) is 11.7. The Morgan fingerprint density at radius 1 is 0.818 bits per heavy atom. The average Bonchev–Trinajstić information content (AvgIpc) is 1.19. The van der Waals surface area contributed by atoms with Gasteiger partial charge in [0.05, 0.1) is 0 Å². The molecule has 0 aliphatic rings. The molecule has 0 aliphatic carbocycles. The van der Waals surface area contributed by atoms with Gasteiger partial charge < -0.3 is 34.3 Å². The van der Waals surface area contributed by atoms with Gasteiger partial charge in [-0.2, -0.15) is 0 Å². The van der Waals surface area contributed by atoms with Crippen LogP contribution >= 0.6 is 0 Å². The van der Waals surface area contributed by atoms with Crippen molar-refractivity contribution in [3.63, 3.8) is 0 Å². The molecule has 0 saturated carbocycles. The van der Waals surface area contributed by atoms with Crippen molar-refractivity contribution >= 4 is 45.9 Å². The molecule has 0 aliphatic heterocycles. The van der Waals surface area contributed by atoms with E-state index in [0.29, 0.717) is 0 Å². The first-order valence-corrected chi connectivity index (χ1v) is 3.46. The van der Waals surface area contributed by atoms with Gasteiger partial charge in [-0.25, -0.2) is 0 Å². The van der Waals surface area contributed by atoms with Crippen molar-refractivity contribution in [3.8, 4) is 0 Å². The van der Waals surface area contributed by atoms with E-state index >= 15 is 0 Å². The zero-order valence-electron chi connectivity index (χ0n) is 4.51. The first-order valence-electron chi connectivity index (χ1n) is 1.67. The van der Waals surface area contributed by atoms with Gasteiger partial charge in [-0.1, -0.05) is 0 Å². The van der Waals surface area contributed by atoms with Crippen molar-refractivity contribution in [2.24, 2.45) is 0 Å². The molecule has 69 valence electrons. The summed E-state index contributed by atoms with van der Waals surface area (Å²) in [7, 11) is -6.78. The standard InChI is InChI=1S/Ag.BH3O3.Na.H4O4Si.H/c;2-1(3)4;;1-5(2,3)4;/h;2-4H;;1-4H;. The SMILES string of the molecule is OB(O)O.O[Si](O)(O)O.[Ag].[NaH]. The van der Waals surface area contributed by atoms with Crippen LogP contribution in [0, 0.1) is 0 Å². The third-order valence-corrected chi connectivity index (χ3v) is 0. The van der Waals surface area contributed by atoms with E-state index in [1.165, 1.54) is 0 Å². The minimum atomic E-state index is -4.61. The van der Waals surface area contributed by atoms with E-state index in [4.69, 9.17) is 34.3 Å². The Morgan fingerprint density at radius 3 is 0.818 bits per heavy atom. The molecular formula is H8AgBNaO7Si. The Labute approximate surface area is 102 Å². The zero-order chi connectivity index (χ0) is 8.08. The summed E-state index contributed by atoms with van der Waals surface area (Å²) in [5.41, 5.74) is 0. The van der Waals surface area contributed by atoms with Crippen LogP contribution in [0.25, 0.3) is 0 Å². The molecule has 0 rings (SSSR count). The summed E-state index contributed by atoms with van der Waals surface area (Å²) in [5, 5.41) is 21.5. The molecule has 0 unspecified atom stereocenters. The summed E-state index contributed by atoms with van der Waals surface area (Å²) in [5.74, 6) is 0. The van der Waals surface area contributed by atoms with E-state index in [1.807, 2.05) is 0 Å². The summed E-state index contributed by atoms with van der Waals surface area (Å²) in [6.45, 7) is 0. The summed E-state index contributed by atoms with van der Waals surface area (Å²) in [4.78, 5) is 29.3. The van der Waals surface area contributed by atoms with E-state index in [1.54, 1.807) is 0 Å². The van der Waals surface area contributed by atoms with Gasteiger partial charge in [-0.3, -0.25) is 0 Å². The molecule has 0 bridgehead atoms. The summed E-state index contributed by atoms with van der Waals surface area (Å²) >= 11 is 0. The molecule has 11 heteroatoms. The fourth-order valence-corrected chi connectivity index (χ4v) is 0. The normalized spacial score (nSPS) is 7.91. The van der Waals surface area contributed by atoms with Gasteiger partial charge in [0.2, 0.25) is 0 Å². The third kappa shape index (κ3) is 367. The van der Waals surface area contributed by atoms with Crippen LogP contribution in [0.4, 0.5) is 0 Å². The molecule has 0 atom stereocenters. The van der Waals surface area contributed by atoms with Gasteiger partial charge in [-0.15, -0.1) is 0 Å². The van der Waals surface area contributed by atoms with E-state index in [0.717, 1.165) is 0 Å². The van der Waals surface area contributed by atoms with Crippen LogP contribution in [0.5, 0.6) is 0 Å². The Hall–Kier alpha value is 1.74. The van der Waals surface area contributed by atoms with Crippen molar-refractivity contribution in [2.75, 3.05) is 0 Å². The monoisotopic (exact) mass is 289 g/mol. The van der Waals surface area contributed by atoms with Crippen LogP contribution in [0.15, 0.2) is 0 Å². The van der Waals surface area contributed by atoms with Gasteiger partial charge in [0.1, 0.15) is 0 Å². The van der Waals surface area contributed by atoms with Gasteiger partial charge in [0, 0.05) is 22.4 Å². The second-order valence-electron chi connectivity index (χ2n) is 0.946. The predicted octanol–water partition coefficient (Wildman–Crippen LogP) is -5.31. The fraction of sp³-hybridized carbons (Fsp3) is 0. The Morgan fingerprint density at radius 2 is 0.818 bits per heavy atom. The quantitative estimate of drug-likeness (QED) is 0.221. The molecule has 0 saturated heterocycles. The van der Waals surface area contributed by atoms with Gasteiger partial charge >= 0.3 is 45.9 Å². The summed E-state index contributed by atoms with van der Waals surface area (Å²) < 4.78 is 0. The molecule has 0 aromatic carbocycles. The molecule has 0 heterocycles. The fourth-order valence-electron chi connectivity index (χ4n) is 0. The summed E-state index contributed by atoms with van der Waals surface area (Å²) in [6.07, 6.45) is 0. The van der Waals surface area contributed by atoms with Crippen molar-refractivity contribution in [1.82, 2.24) is 0 Å². The Balaban J connectivity index is -0.0000000383. The number of hydrogen-bond acceptors (Lipinski definition) is 7. The van der Waals surface area contributed by atoms with E-state index in [9.17, 15) is 0 Å². The minimum absolute atomic E-state index is 0. The molecule has 0 spiro atoms. The van der Waals surface area contributed by atoms with Crippen LogP contribution in [-0.4, -0.2) is 80.2 Å². The van der Waals surface area contributed by atoms with Gasteiger partial charge in [-0.05, 0) is 0 Å². The van der Waals surface area contributed by atoms with E-state index < -0.39 is 16.4 Å². The molecule has 0 aromatic rings. The maximum atomic E-state index is 7.33. The Bertz CT molecular complexity index is 55.2. The van der Waals surface area contributed by atoms with Crippen LogP contribution in [0.3, 0.4) is 0 Å². The molecule has 0 fully saturated rings. The maximum absolute atomic E-state index is 7.33. The first kappa shape index (κ1) is 23.0. The van der Waals surface area contributed by atoms with E-state index in [2.05, 4.69) is 0 Å². The number of rotatable bonds is 0. The van der Waals surface area contributed by atoms with Crippen LogP contribution in [0.2, 0.25) is 0 Å². The number of hydrogen-bond donors (Lipinski definition) is 7. The van der Waals surface area contributed by atoms with Crippen molar-refractivity contribution in [3.05, 3.63) is 0 Å². The molecule has 0 aromatic heterocycles. The zero-order valence-corrected chi connectivity index (χ0v) is 6.99. The Kier molecular flexibility index (Phi) is 24.5. The van der Waals surface area contributed by atoms with Crippen LogP contribution < -0.4 is 0 Å². The van der Waals surface area contributed by atoms with Gasteiger partial charge in [0.15, 0.2) is 0 Å². The third-order valence-electron chi connectivity index (χ3n) is 0. The molecule has 1 radical (unpaired) electrons. The molecule has 0 amide bonds. The molecular weight excluding hydrogens is 282 g/mol. The predicted molar refractivity (Wildman–Crippen MR) is 34.2 cm³/mol. The van der Waals surface area contributed by atoms with Crippen LogP contribution in [-0.2, 0) is 22.4 Å². The van der Waals surface area contributed by atoms with Gasteiger partial charge in [0.25, 0.3) is 0 Å². The topological polar surface area (TPSA) is 142 Å². The van der Waals surface area contributed by atoms with Crippen molar-refractivity contribution < 1.29 is 56.6 Å². The van der Waals surface area contributed by atoms with E-state index in [-0.39, 0.29) is 51.9 Å². The van der Waals surface area contributed by atoms with Crippen molar-refractivity contribution in [1.29, 1.82) is 0 Å².